The fourth-order valence-corrected chi connectivity index (χ4v) is 2.23. The first kappa shape index (κ1) is 11.4. The third-order valence-electron chi connectivity index (χ3n) is 3.17. The van der Waals surface area contributed by atoms with Gasteiger partial charge in [-0.15, -0.1) is 0 Å². The van der Waals surface area contributed by atoms with Crippen LogP contribution in [0, 0.1) is 0 Å². The molecule has 1 saturated heterocycles. The molecule has 96 valence electrons. The van der Waals surface area contributed by atoms with E-state index in [9.17, 15) is 5.11 Å². The summed E-state index contributed by atoms with van der Waals surface area (Å²) in [6.07, 6.45) is 2.31. The molecule has 3 atom stereocenters. The van der Waals surface area contributed by atoms with E-state index in [1.54, 1.807) is 10.8 Å². The summed E-state index contributed by atoms with van der Waals surface area (Å²) in [5, 5.41) is 19.7. The summed E-state index contributed by atoms with van der Waals surface area (Å²) in [5.41, 5.74) is 6.23. The first-order valence-corrected chi connectivity index (χ1v) is 5.72. The smallest absolute Gasteiger partial charge is 0.221 e. The number of aliphatic hydroxyl groups is 2. The molecule has 4 N–H and O–H groups in total. The lowest BCUT2D eigenvalue weighted by Crippen LogP contribution is -2.24. The Morgan fingerprint density at radius 1 is 1.56 bits per heavy atom. The summed E-state index contributed by atoms with van der Waals surface area (Å²) in [4.78, 5) is 8.08. The molecule has 1 aliphatic heterocycles. The second-order valence-corrected chi connectivity index (χ2v) is 4.34. The molecule has 7 heteroatoms. The molecule has 0 radical (unpaired) electrons. The van der Waals surface area contributed by atoms with Crippen LogP contribution in [0.5, 0.6) is 0 Å². The lowest BCUT2D eigenvalue weighted by atomic mass is 10.2. The molecule has 1 aliphatic rings. The lowest BCUT2D eigenvalue weighted by molar-refractivity contribution is -0.0430. The van der Waals surface area contributed by atoms with Crippen LogP contribution in [0.3, 0.4) is 0 Å². The number of hydrogen-bond acceptors (Lipinski definition) is 6. The van der Waals surface area contributed by atoms with E-state index in [1.807, 2.05) is 12.3 Å². The monoisotopic (exact) mass is 250 g/mol. The van der Waals surface area contributed by atoms with Crippen LogP contribution in [0.15, 0.2) is 18.5 Å². The molecule has 0 aliphatic carbocycles. The summed E-state index contributed by atoms with van der Waals surface area (Å²) in [5.74, 6) is 0.194. The van der Waals surface area contributed by atoms with Gasteiger partial charge in [-0.25, -0.2) is 4.98 Å². The number of nitrogens with zero attached hydrogens (tertiary/aromatic N) is 3. The number of aliphatic hydroxyl groups excluding tert-OH is 2. The van der Waals surface area contributed by atoms with Crippen molar-refractivity contribution in [3.63, 3.8) is 0 Å². The van der Waals surface area contributed by atoms with E-state index in [2.05, 4.69) is 9.97 Å². The SMILES string of the molecule is Nc1ncc2ccn(C3C[C@H](O)[C@@H](CO)O3)c2n1. The molecule has 3 heterocycles. The second kappa shape index (κ2) is 4.20. The van der Waals surface area contributed by atoms with Crippen LogP contribution in [-0.2, 0) is 4.74 Å². The third kappa shape index (κ3) is 1.72. The van der Waals surface area contributed by atoms with E-state index in [0.29, 0.717) is 12.1 Å². The van der Waals surface area contributed by atoms with E-state index in [4.69, 9.17) is 15.6 Å². The van der Waals surface area contributed by atoms with Gasteiger partial charge in [0.05, 0.1) is 12.7 Å². The molecular formula is C11H14N4O3. The summed E-state index contributed by atoms with van der Waals surface area (Å²) in [6, 6.07) is 1.86. The maximum atomic E-state index is 9.73. The standard InChI is InChI=1S/C11H14N4O3/c12-11-13-4-6-1-2-15(10(6)14-11)9-3-7(17)8(5-16)18-9/h1-2,4,7-9,16-17H,3,5H2,(H2,12,13,14)/t7-,8+,9?/m0/s1. The minimum Gasteiger partial charge on any atom is -0.394 e. The maximum Gasteiger partial charge on any atom is 0.221 e. The first-order valence-electron chi connectivity index (χ1n) is 5.72. The van der Waals surface area contributed by atoms with Crippen molar-refractivity contribution in [2.45, 2.75) is 24.9 Å². The van der Waals surface area contributed by atoms with Crippen molar-refractivity contribution >= 4 is 17.0 Å². The van der Waals surface area contributed by atoms with Crippen molar-refractivity contribution in [2.24, 2.45) is 0 Å². The van der Waals surface area contributed by atoms with E-state index in [-0.39, 0.29) is 18.8 Å². The van der Waals surface area contributed by atoms with Gasteiger partial charge in [0.25, 0.3) is 0 Å². The van der Waals surface area contributed by atoms with Gasteiger partial charge in [0, 0.05) is 24.2 Å². The average Bonchev–Trinajstić information content (AvgIpc) is 2.91. The number of nitrogen functional groups attached to an aromatic ring is 1. The lowest BCUT2D eigenvalue weighted by Gasteiger charge is -2.14. The van der Waals surface area contributed by atoms with Crippen molar-refractivity contribution in [3.05, 3.63) is 18.5 Å². The average molecular weight is 250 g/mol. The fraction of sp³-hybridized carbons (Fsp3) is 0.455. The molecule has 7 nitrogen and oxygen atoms in total. The Balaban J connectivity index is 1.98. The zero-order chi connectivity index (χ0) is 12.7. The molecule has 1 unspecified atom stereocenters. The summed E-state index contributed by atoms with van der Waals surface area (Å²) >= 11 is 0. The first-order chi connectivity index (χ1) is 8.69. The molecule has 0 amide bonds. The number of aromatic nitrogens is 3. The zero-order valence-electron chi connectivity index (χ0n) is 9.60. The molecular weight excluding hydrogens is 236 g/mol. The van der Waals surface area contributed by atoms with Crippen molar-refractivity contribution < 1.29 is 14.9 Å². The number of nitrogens with two attached hydrogens (primary N) is 1. The summed E-state index contributed by atoms with van der Waals surface area (Å²) in [6.45, 7) is -0.200. The highest BCUT2D eigenvalue weighted by molar-refractivity contribution is 5.76. The molecule has 18 heavy (non-hydrogen) atoms. The van der Waals surface area contributed by atoms with Gasteiger partial charge >= 0.3 is 0 Å². The highest BCUT2D eigenvalue weighted by Crippen LogP contribution is 2.31. The van der Waals surface area contributed by atoms with Gasteiger partial charge in [-0.05, 0) is 6.07 Å². The van der Waals surface area contributed by atoms with Gasteiger partial charge < -0.3 is 25.3 Å². The van der Waals surface area contributed by atoms with Gasteiger partial charge in [0.2, 0.25) is 5.95 Å². The van der Waals surface area contributed by atoms with Crippen LogP contribution in [-0.4, -0.2) is 43.6 Å². The Morgan fingerprint density at radius 3 is 3.11 bits per heavy atom. The normalized spacial score (nSPS) is 28.0. The number of rotatable bonds is 2. The van der Waals surface area contributed by atoms with Crippen molar-refractivity contribution in [3.8, 4) is 0 Å². The van der Waals surface area contributed by atoms with Crippen LogP contribution in [0.25, 0.3) is 11.0 Å². The molecule has 0 spiro atoms. The van der Waals surface area contributed by atoms with Crippen LogP contribution in [0.4, 0.5) is 5.95 Å². The van der Waals surface area contributed by atoms with Crippen LogP contribution < -0.4 is 5.73 Å². The van der Waals surface area contributed by atoms with E-state index < -0.39 is 12.2 Å². The Labute approximate surface area is 103 Å². The van der Waals surface area contributed by atoms with Crippen LogP contribution in [0.2, 0.25) is 0 Å². The molecule has 1 fully saturated rings. The van der Waals surface area contributed by atoms with Crippen molar-refractivity contribution in [1.82, 2.24) is 14.5 Å². The number of fused-ring (bicyclic) bond motifs is 1. The molecule has 0 bridgehead atoms. The van der Waals surface area contributed by atoms with Crippen molar-refractivity contribution in [2.75, 3.05) is 12.3 Å². The largest absolute Gasteiger partial charge is 0.394 e. The fourth-order valence-electron chi connectivity index (χ4n) is 2.23. The quantitative estimate of drug-likeness (QED) is 0.673. The Hall–Kier alpha value is -1.70. The van der Waals surface area contributed by atoms with Crippen LogP contribution in [0.1, 0.15) is 12.6 Å². The predicted molar refractivity (Wildman–Crippen MR) is 63.6 cm³/mol. The molecule has 2 aromatic heterocycles. The zero-order valence-corrected chi connectivity index (χ0v) is 9.60. The van der Waals surface area contributed by atoms with E-state index in [0.717, 1.165) is 5.39 Å². The highest BCUT2D eigenvalue weighted by Gasteiger charge is 2.34. The third-order valence-corrected chi connectivity index (χ3v) is 3.17. The van der Waals surface area contributed by atoms with Gasteiger partial charge in [0.15, 0.2) is 0 Å². The Bertz CT molecular complexity index is 570. The van der Waals surface area contributed by atoms with Gasteiger partial charge in [0.1, 0.15) is 18.0 Å². The molecule has 3 rings (SSSR count). The van der Waals surface area contributed by atoms with Crippen LogP contribution >= 0.6 is 0 Å². The molecule has 2 aromatic rings. The van der Waals surface area contributed by atoms with Gasteiger partial charge in [-0.2, -0.15) is 4.98 Å². The number of ether oxygens (including phenoxy) is 1. The van der Waals surface area contributed by atoms with E-state index >= 15 is 0 Å². The maximum absolute atomic E-state index is 9.73. The minimum absolute atomic E-state index is 0.194. The molecule has 0 saturated carbocycles. The molecule has 0 aromatic carbocycles. The number of anilines is 1. The summed E-state index contributed by atoms with van der Waals surface area (Å²) < 4.78 is 7.37. The summed E-state index contributed by atoms with van der Waals surface area (Å²) in [7, 11) is 0. The predicted octanol–water partition coefficient (Wildman–Crippen LogP) is -0.346. The van der Waals surface area contributed by atoms with Gasteiger partial charge in [-0.1, -0.05) is 0 Å². The topological polar surface area (TPSA) is 106 Å². The van der Waals surface area contributed by atoms with Crippen molar-refractivity contribution in [1.29, 1.82) is 0 Å². The van der Waals surface area contributed by atoms with Gasteiger partial charge in [-0.3, -0.25) is 0 Å². The number of hydrogen-bond donors (Lipinski definition) is 3. The second-order valence-electron chi connectivity index (χ2n) is 4.34. The van der Waals surface area contributed by atoms with E-state index in [1.165, 1.54) is 0 Å². The Kier molecular flexibility index (Phi) is 2.66. The Morgan fingerprint density at radius 2 is 2.39 bits per heavy atom. The minimum atomic E-state index is -0.670. The highest BCUT2D eigenvalue weighted by atomic mass is 16.5.